The summed E-state index contributed by atoms with van der Waals surface area (Å²) in [4.78, 5) is 16.9. The fourth-order valence-electron chi connectivity index (χ4n) is 1.88. The maximum absolute atomic E-state index is 12.2. The third kappa shape index (κ3) is 7.66. The number of aliphatic hydroxyl groups excluding tert-OH is 1. The van der Waals surface area contributed by atoms with Gasteiger partial charge in [-0.25, -0.2) is 4.99 Å². The third-order valence-corrected chi connectivity index (χ3v) is 3.29. The molecule has 0 saturated heterocycles. The molecule has 0 fully saturated rings. The first-order valence-corrected chi connectivity index (χ1v) is 8.27. The SMILES string of the molecule is C=CC(=C\C=C/C)/C(=N\C(\C=C/C)=C\C)C(C)=C(N)C(=O)NCC(=C)O. The van der Waals surface area contributed by atoms with Crippen LogP contribution >= 0.6 is 0 Å². The van der Waals surface area contributed by atoms with Crippen molar-refractivity contribution in [2.24, 2.45) is 10.7 Å². The fourth-order valence-corrected chi connectivity index (χ4v) is 1.88. The molecule has 0 heterocycles. The van der Waals surface area contributed by atoms with E-state index < -0.39 is 5.91 Å². The van der Waals surface area contributed by atoms with Crippen LogP contribution in [-0.4, -0.2) is 23.3 Å². The van der Waals surface area contributed by atoms with Crippen LogP contribution in [0.15, 0.2) is 89.0 Å². The first-order valence-electron chi connectivity index (χ1n) is 8.27. The van der Waals surface area contributed by atoms with Gasteiger partial charge in [-0.2, -0.15) is 0 Å². The van der Waals surface area contributed by atoms with Gasteiger partial charge in [0.1, 0.15) is 11.5 Å². The number of allylic oxidation sites excluding steroid dienone is 9. The average Bonchev–Trinajstić information content (AvgIpc) is 2.63. The highest BCUT2D eigenvalue weighted by Crippen LogP contribution is 2.15. The molecule has 0 aromatic heterocycles. The Labute approximate surface area is 156 Å². The molecular weight excluding hydrogens is 326 g/mol. The Kier molecular flexibility index (Phi) is 10.8. The lowest BCUT2D eigenvalue weighted by molar-refractivity contribution is -0.117. The molecule has 4 N–H and O–H groups in total. The lowest BCUT2D eigenvalue weighted by Crippen LogP contribution is -2.32. The largest absolute Gasteiger partial charge is 0.511 e. The topological polar surface area (TPSA) is 87.7 Å². The van der Waals surface area contributed by atoms with Crippen LogP contribution in [0.4, 0.5) is 0 Å². The molecule has 0 rings (SSSR count). The summed E-state index contributed by atoms with van der Waals surface area (Å²) in [5.41, 5.74) is 8.53. The van der Waals surface area contributed by atoms with Gasteiger partial charge in [-0.1, -0.05) is 49.6 Å². The number of carbonyl (C=O) groups excluding carboxylic acids is 1. The van der Waals surface area contributed by atoms with Gasteiger partial charge in [0.05, 0.1) is 18.0 Å². The van der Waals surface area contributed by atoms with Gasteiger partial charge >= 0.3 is 0 Å². The van der Waals surface area contributed by atoms with Gasteiger partial charge in [-0.15, -0.1) is 0 Å². The van der Waals surface area contributed by atoms with E-state index in [1.54, 1.807) is 13.0 Å². The fraction of sp³-hybridized carbons (Fsp3) is 0.238. The summed E-state index contributed by atoms with van der Waals surface area (Å²) in [7, 11) is 0. The molecule has 0 aliphatic rings. The van der Waals surface area contributed by atoms with E-state index in [1.165, 1.54) is 0 Å². The van der Waals surface area contributed by atoms with Crippen LogP contribution in [0.3, 0.4) is 0 Å². The molecule has 0 aliphatic heterocycles. The van der Waals surface area contributed by atoms with Gasteiger partial charge in [0.25, 0.3) is 5.91 Å². The van der Waals surface area contributed by atoms with E-state index in [2.05, 4.69) is 23.5 Å². The van der Waals surface area contributed by atoms with Crippen molar-refractivity contribution in [3.05, 3.63) is 84.0 Å². The van der Waals surface area contributed by atoms with Gasteiger partial charge in [0, 0.05) is 5.57 Å². The molecular formula is C21H29N3O2. The Bertz CT molecular complexity index is 718. The predicted octanol–water partition coefficient (Wildman–Crippen LogP) is 4.02. The van der Waals surface area contributed by atoms with E-state index >= 15 is 0 Å². The minimum atomic E-state index is -0.507. The second-order valence-electron chi connectivity index (χ2n) is 5.31. The monoisotopic (exact) mass is 355 g/mol. The zero-order valence-corrected chi connectivity index (χ0v) is 16.0. The molecule has 0 bridgehead atoms. The minimum Gasteiger partial charge on any atom is -0.511 e. The van der Waals surface area contributed by atoms with Crippen LogP contribution in [0.25, 0.3) is 0 Å². The van der Waals surface area contributed by atoms with Crippen LogP contribution in [0.1, 0.15) is 27.7 Å². The third-order valence-electron chi connectivity index (χ3n) is 3.29. The maximum atomic E-state index is 12.2. The number of hydrogen-bond acceptors (Lipinski definition) is 4. The number of nitrogens with zero attached hydrogens (tertiary/aromatic N) is 1. The number of rotatable bonds is 9. The molecule has 26 heavy (non-hydrogen) atoms. The summed E-state index contributed by atoms with van der Waals surface area (Å²) >= 11 is 0. The van der Waals surface area contributed by atoms with E-state index in [0.29, 0.717) is 11.3 Å². The highest BCUT2D eigenvalue weighted by Gasteiger charge is 2.15. The molecule has 140 valence electrons. The van der Waals surface area contributed by atoms with Crippen molar-refractivity contribution in [2.75, 3.05) is 6.54 Å². The molecule has 0 atom stereocenters. The quantitative estimate of drug-likeness (QED) is 0.253. The zero-order valence-electron chi connectivity index (χ0n) is 16.0. The number of aliphatic hydroxyl groups is 1. The predicted molar refractivity (Wildman–Crippen MR) is 111 cm³/mol. The number of nitrogens with two attached hydrogens (primary N) is 1. The Morgan fingerprint density at radius 2 is 1.92 bits per heavy atom. The Morgan fingerprint density at radius 3 is 2.38 bits per heavy atom. The Balaban J connectivity index is 6.25. The van der Waals surface area contributed by atoms with Crippen LogP contribution in [0.2, 0.25) is 0 Å². The first kappa shape index (κ1) is 22.9. The molecule has 1 amide bonds. The van der Waals surface area contributed by atoms with Crippen molar-refractivity contribution >= 4 is 11.6 Å². The van der Waals surface area contributed by atoms with Gasteiger partial charge in [-0.3, -0.25) is 4.79 Å². The summed E-state index contributed by atoms with van der Waals surface area (Å²) in [5, 5.41) is 11.6. The number of hydrogen-bond donors (Lipinski definition) is 3. The van der Waals surface area contributed by atoms with E-state index in [-0.39, 0.29) is 18.0 Å². The normalized spacial score (nSPS) is 14.5. The van der Waals surface area contributed by atoms with Crippen LogP contribution in [0.5, 0.6) is 0 Å². The maximum Gasteiger partial charge on any atom is 0.267 e. The molecule has 0 saturated carbocycles. The first-order chi connectivity index (χ1) is 12.3. The standard InChI is InChI=1S/C21H29N3O2/c1-7-11-13-17(9-3)20(24-18(10-4)12-8-2)16(6)19(22)21(26)23-14-15(5)25/h7-13,25H,3,5,14,22H2,1-2,4,6H3,(H,23,26)/b11-7-,12-8-,17-13+,18-10+,19-16?,24-20-. The highest BCUT2D eigenvalue weighted by molar-refractivity contribution is 6.17. The summed E-state index contributed by atoms with van der Waals surface area (Å²) < 4.78 is 0. The van der Waals surface area contributed by atoms with Gasteiger partial charge < -0.3 is 16.2 Å². The van der Waals surface area contributed by atoms with Gasteiger partial charge in [-0.05, 0) is 39.3 Å². The molecule has 0 unspecified atom stereocenters. The van der Waals surface area contributed by atoms with E-state index in [9.17, 15) is 4.79 Å². The molecule has 5 heteroatoms. The molecule has 0 aliphatic carbocycles. The van der Waals surface area contributed by atoms with Gasteiger partial charge in [0.2, 0.25) is 0 Å². The summed E-state index contributed by atoms with van der Waals surface area (Å²) in [5.74, 6) is -0.658. The Hall–Kier alpha value is -3.08. The average molecular weight is 355 g/mol. The van der Waals surface area contributed by atoms with Gasteiger partial charge in [0.15, 0.2) is 0 Å². The molecule has 0 aromatic carbocycles. The van der Waals surface area contributed by atoms with Crippen molar-refractivity contribution in [1.29, 1.82) is 0 Å². The summed E-state index contributed by atoms with van der Waals surface area (Å²) in [6.07, 6.45) is 12.8. The van der Waals surface area contributed by atoms with Crippen LogP contribution < -0.4 is 11.1 Å². The Morgan fingerprint density at radius 1 is 1.27 bits per heavy atom. The smallest absolute Gasteiger partial charge is 0.267 e. The lowest BCUT2D eigenvalue weighted by atomic mass is 10.0. The van der Waals surface area contributed by atoms with Crippen molar-refractivity contribution in [1.82, 2.24) is 5.32 Å². The zero-order chi connectivity index (χ0) is 20.1. The van der Waals surface area contributed by atoms with Crippen LogP contribution in [-0.2, 0) is 4.79 Å². The van der Waals surface area contributed by atoms with Crippen molar-refractivity contribution in [2.45, 2.75) is 27.7 Å². The van der Waals surface area contributed by atoms with E-state index in [4.69, 9.17) is 10.8 Å². The summed E-state index contributed by atoms with van der Waals surface area (Å²) in [6.45, 7) is 14.5. The minimum absolute atomic E-state index is 0.00848. The summed E-state index contributed by atoms with van der Waals surface area (Å²) in [6, 6.07) is 0. The lowest BCUT2D eigenvalue weighted by Gasteiger charge is -2.13. The number of amides is 1. The molecule has 0 aromatic rings. The van der Waals surface area contributed by atoms with Crippen molar-refractivity contribution in [3.63, 3.8) is 0 Å². The number of aliphatic imine (C=N–C) groups is 1. The molecule has 5 nitrogen and oxygen atoms in total. The number of nitrogens with one attached hydrogen (secondary N) is 1. The highest BCUT2D eigenvalue weighted by atomic mass is 16.3. The molecule has 0 radical (unpaired) electrons. The van der Waals surface area contributed by atoms with E-state index in [1.807, 2.05) is 57.2 Å². The van der Waals surface area contributed by atoms with Crippen LogP contribution in [0, 0.1) is 0 Å². The van der Waals surface area contributed by atoms with Crippen molar-refractivity contribution < 1.29 is 9.90 Å². The number of carbonyl (C=O) groups is 1. The second kappa shape index (κ2) is 12.3. The second-order valence-corrected chi connectivity index (χ2v) is 5.31. The van der Waals surface area contributed by atoms with Crippen molar-refractivity contribution in [3.8, 4) is 0 Å². The molecule has 0 spiro atoms. The van der Waals surface area contributed by atoms with E-state index in [0.717, 1.165) is 11.3 Å².